The molecule has 0 heterocycles. The van der Waals surface area contributed by atoms with Crippen LogP contribution in [-0.2, 0) is 11.2 Å². The van der Waals surface area contributed by atoms with Crippen molar-refractivity contribution in [1.29, 1.82) is 0 Å². The van der Waals surface area contributed by atoms with Crippen LogP contribution in [0.3, 0.4) is 0 Å². The summed E-state index contributed by atoms with van der Waals surface area (Å²) in [6.45, 7) is 4.19. The van der Waals surface area contributed by atoms with Gasteiger partial charge in [0, 0.05) is 16.4 Å². The minimum absolute atomic E-state index is 0.145. The fourth-order valence-corrected chi connectivity index (χ4v) is 2.99. The van der Waals surface area contributed by atoms with Gasteiger partial charge in [-0.25, -0.2) is 0 Å². The van der Waals surface area contributed by atoms with E-state index >= 15 is 0 Å². The molecule has 1 fully saturated rings. The summed E-state index contributed by atoms with van der Waals surface area (Å²) in [4.78, 5) is 12.5. The zero-order valence-electron chi connectivity index (χ0n) is 11.2. The first-order chi connectivity index (χ1) is 8.49. The summed E-state index contributed by atoms with van der Waals surface area (Å²) in [5.41, 5.74) is 1.07. The van der Waals surface area contributed by atoms with Gasteiger partial charge in [-0.3, -0.25) is 4.79 Å². The number of carbonyl (C=O) groups is 1. The molecular formula is C16H21ClO. The Morgan fingerprint density at radius 3 is 2.56 bits per heavy atom. The Hall–Kier alpha value is -0.820. The maximum Gasteiger partial charge on any atom is 0.141 e. The Kier molecular flexibility index (Phi) is 4.11. The van der Waals surface area contributed by atoms with Gasteiger partial charge in [-0.2, -0.15) is 0 Å². The molecule has 0 radical (unpaired) electrons. The third-order valence-corrected chi connectivity index (χ3v) is 4.29. The first-order valence-corrected chi connectivity index (χ1v) is 7.15. The van der Waals surface area contributed by atoms with E-state index in [-0.39, 0.29) is 11.3 Å². The van der Waals surface area contributed by atoms with Crippen molar-refractivity contribution in [3.63, 3.8) is 0 Å². The van der Waals surface area contributed by atoms with Crippen LogP contribution in [-0.4, -0.2) is 5.78 Å². The Morgan fingerprint density at radius 1 is 1.22 bits per heavy atom. The van der Waals surface area contributed by atoms with E-state index in [0.29, 0.717) is 5.78 Å². The topological polar surface area (TPSA) is 17.1 Å². The summed E-state index contributed by atoms with van der Waals surface area (Å²) >= 11 is 5.89. The van der Waals surface area contributed by atoms with Crippen LogP contribution in [0.15, 0.2) is 24.3 Å². The Balaban J connectivity index is 2.12. The zero-order valence-corrected chi connectivity index (χ0v) is 12.0. The van der Waals surface area contributed by atoms with Crippen molar-refractivity contribution >= 4 is 17.4 Å². The molecule has 0 amide bonds. The Labute approximate surface area is 115 Å². The molecule has 0 spiro atoms. The molecule has 1 aliphatic carbocycles. The Morgan fingerprint density at radius 2 is 1.89 bits per heavy atom. The van der Waals surface area contributed by atoms with E-state index in [1.165, 1.54) is 18.4 Å². The second-order valence-electron chi connectivity index (χ2n) is 6.02. The molecule has 1 aliphatic rings. The van der Waals surface area contributed by atoms with Gasteiger partial charge in [0.15, 0.2) is 0 Å². The molecule has 0 aliphatic heterocycles. The third-order valence-electron chi connectivity index (χ3n) is 4.04. The second kappa shape index (κ2) is 5.44. The number of hydrogen-bond donors (Lipinski definition) is 0. The molecule has 1 aromatic rings. The van der Waals surface area contributed by atoms with Gasteiger partial charge in [0.25, 0.3) is 0 Å². The molecule has 0 saturated heterocycles. The summed E-state index contributed by atoms with van der Waals surface area (Å²) in [5, 5.41) is 0.756. The maximum atomic E-state index is 12.5. The van der Waals surface area contributed by atoms with Gasteiger partial charge in [0.2, 0.25) is 0 Å². The van der Waals surface area contributed by atoms with E-state index in [0.717, 1.165) is 24.3 Å². The third kappa shape index (κ3) is 3.14. The van der Waals surface area contributed by atoms with Crippen molar-refractivity contribution in [2.24, 2.45) is 11.3 Å². The number of benzene rings is 1. The van der Waals surface area contributed by atoms with Crippen LogP contribution in [0.5, 0.6) is 0 Å². The van der Waals surface area contributed by atoms with Gasteiger partial charge < -0.3 is 0 Å². The van der Waals surface area contributed by atoms with Gasteiger partial charge in [0.1, 0.15) is 5.78 Å². The quantitative estimate of drug-likeness (QED) is 0.710. The highest BCUT2D eigenvalue weighted by molar-refractivity contribution is 6.30. The highest BCUT2D eigenvalue weighted by atomic mass is 35.5. The monoisotopic (exact) mass is 264 g/mol. The highest BCUT2D eigenvalue weighted by Gasteiger charge is 2.35. The van der Waals surface area contributed by atoms with Crippen LogP contribution in [0.25, 0.3) is 0 Å². The summed E-state index contributed by atoms with van der Waals surface area (Å²) < 4.78 is 0. The van der Waals surface area contributed by atoms with Crippen molar-refractivity contribution in [2.45, 2.75) is 46.0 Å². The summed E-state index contributed by atoms with van der Waals surface area (Å²) in [6, 6.07) is 7.88. The van der Waals surface area contributed by atoms with Gasteiger partial charge in [0.05, 0.1) is 0 Å². The lowest BCUT2D eigenvalue weighted by Crippen LogP contribution is -2.30. The number of Topliss-reactive ketones (excluding diaryl/α,β-unsaturated/α-hetero) is 1. The lowest BCUT2D eigenvalue weighted by molar-refractivity contribution is -0.131. The van der Waals surface area contributed by atoms with Crippen LogP contribution >= 0.6 is 11.6 Å². The summed E-state index contributed by atoms with van der Waals surface area (Å²) in [7, 11) is 0. The molecule has 1 nitrogen and oxygen atoms in total. The maximum absolute atomic E-state index is 12.5. The van der Waals surface area contributed by atoms with Crippen molar-refractivity contribution < 1.29 is 4.79 Å². The van der Waals surface area contributed by atoms with Gasteiger partial charge in [-0.1, -0.05) is 50.4 Å². The smallest absolute Gasteiger partial charge is 0.141 e. The van der Waals surface area contributed by atoms with Crippen molar-refractivity contribution in [3.05, 3.63) is 34.9 Å². The van der Waals surface area contributed by atoms with Crippen molar-refractivity contribution in [3.8, 4) is 0 Å². The molecule has 0 aromatic heterocycles. The number of hydrogen-bond acceptors (Lipinski definition) is 1. The SMILES string of the molecule is CC1(C)CCCCC(Cc2ccc(Cl)cc2)C1=O. The van der Waals surface area contributed by atoms with E-state index in [1.54, 1.807) is 0 Å². The summed E-state index contributed by atoms with van der Waals surface area (Å²) in [6.07, 6.45) is 5.27. The molecule has 98 valence electrons. The minimum Gasteiger partial charge on any atom is -0.299 e. The molecule has 2 heteroatoms. The first kappa shape index (κ1) is 13.6. The molecule has 18 heavy (non-hydrogen) atoms. The Bertz CT molecular complexity index is 419. The largest absolute Gasteiger partial charge is 0.299 e. The number of halogens is 1. The predicted octanol–water partition coefficient (Wildman–Crippen LogP) is 4.67. The molecule has 0 N–H and O–H groups in total. The normalized spacial score (nSPS) is 23.7. The van der Waals surface area contributed by atoms with Crippen LogP contribution < -0.4 is 0 Å². The molecule has 1 unspecified atom stereocenters. The zero-order chi connectivity index (χ0) is 13.2. The number of rotatable bonds is 2. The standard InChI is InChI=1S/C16H21ClO/c1-16(2)10-4-3-5-13(15(16)18)11-12-6-8-14(17)9-7-12/h6-9,13H,3-5,10-11H2,1-2H3. The van der Waals surface area contributed by atoms with E-state index in [1.807, 2.05) is 24.3 Å². The lowest BCUT2D eigenvalue weighted by atomic mass is 9.78. The molecule has 1 aromatic carbocycles. The fourth-order valence-electron chi connectivity index (χ4n) is 2.86. The van der Waals surface area contributed by atoms with Crippen molar-refractivity contribution in [1.82, 2.24) is 0 Å². The van der Waals surface area contributed by atoms with Gasteiger partial charge >= 0.3 is 0 Å². The van der Waals surface area contributed by atoms with Crippen LogP contribution in [0.2, 0.25) is 5.02 Å². The molecule has 1 atom stereocenters. The van der Waals surface area contributed by atoms with Gasteiger partial charge in [-0.15, -0.1) is 0 Å². The number of ketones is 1. The average molecular weight is 265 g/mol. The molecule has 2 rings (SSSR count). The van der Waals surface area contributed by atoms with Crippen LogP contribution in [0.1, 0.15) is 45.1 Å². The first-order valence-electron chi connectivity index (χ1n) is 6.78. The van der Waals surface area contributed by atoms with Crippen molar-refractivity contribution in [2.75, 3.05) is 0 Å². The van der Waals surface area contributed by atoms with Gasteiger partial charge in [-0.05, 0) is 37.0 Å². The van der Waals surface area contributed by atoms with E-state index in [4.69, 9.17) is 11.6 Å². The number of carbonyl (C=O) groups excluding carboxylic acids is 1. The molecule has 0 bridgehead atoms. The minimum atomic E-state index is -0.145. The van der Waals surface area contributed by atoms with Crippen LogP contribution in [0.4, 0.5) is 0 Å². The lowest BCUT2D eigenvalue weighted by Gasteiger charge is -2.25. The fraction of sp³-hybridized carbons (Fsp3) is 0.562. The highest BCUT2D eigenvalue weighted by Crippen LogP contribution is 2.35. The van der Waals surface area contributed by atoms with E-state index in [2.05, 4.69) is 13.8 Å². The molecular weight excluding hydrogens is 244 g/mol. The molecule has 1 saturated carbocycles. The van der Waals surface area contributed by atoms with E-state index in [9.17, 15) is 4.79 Å². The predicted molar refractivity (Wildman–Crippen MR) is 75.9 cm³/mol. The van der Waals surface area contributed by atoms with Crippen LogP contribution in [0, 0.1) is 11.3 Å². The van der Waals surface area contributed by atoms with E-state index < -0.39 is 0 Å². The average Bonchev–Trinajstić information content (AvgIpc) is 2.45. The summed E-state index contributed by atoms with van der Waals surface area (Å²) in [5.74, 6) is 0.624. The second-order valence-corrected chi connectivity index (χ2v) is 6.46.